The minimum Gasteiger partial charge on any atom is -0.316 e. The maximum atomic E-state index is 12.4. The number of carbonyl (C=O) groups is 1. The van der Waals surface area contributed by atoms with Gasteiger partial charge in [-0.05, 0) is 29.8 Å². The van der Waals surface area contributed by atoms with E-state index in [-0.39, 0.29) is 5.91 Å². The zero-order valence-electron chi connectivity index (χ0n) is 10.8. The quantitative estimate of drug-likeness (QED) is 0.837. The molecule has 0 radical (unpaired) electrons. The number of nitrogens with zero attached hydrogens (tertiary/aromatic N) is 1. The Bertz CT molecular complexity index is 736. The topological polar surface area (TPSA) is 46.3 Å². The van der Waals surface area contributed by atoms with Crippen LogP contribution in [0, 0.1) is 0 Å². The number of benzene rings is 2. The van der Waals surface area contributed by atoms with Gasteiger partial charge in [-0.3, -0.25) is 4.79 Å². The van der Waals surface area contributed by atoms with E-state index in [1.165, 1.54) is 0 Å². The van der Waals surface area contributed by atoms with Gasteiger partial charge in [0.05, 0.1) is 12.2 Å². The summed E-state index contributed by atoms with van der Waals surface area (Å²) in [5, 5.41) is 1.10. The lowest BCUT2D eigenvalue weighted by molar-refractivity contribution is -0.119. The number of hydrogen-bond donors (Lipinski definition) is 1. The Hall–Kier alpha value is -1.07. The van der Waals surface area contributed by atoms with Crippen LogP contribution in [-0.2, 0) is 11.3 Å². The van der Waals surface area contributed by atoms with Crippen LogP contribution in [-0.4, -0.2) is 5.91 Å². The summed E-state index contributed by atoms with van der Waals surface area (Å²) in [5.41, 5.74) is 8.45. The molecule has 6 heteroatoms. The van der Waals surface area contributed by atoms with Gasteiger partial charge in [0.15, 0.2) is 0 Å². The lowest BCUT2D eigenvalue weighted by Gasteiger charge is -2.18. The summed E-state index contributed by atoms with van der Waals surface area (Å²) in [6.45, 7) is 0.367. The predicted molar refractivity (Wildman–Crippen MR) is 88.7 cm³/mol. The van der Waals surface area contributed by atoms with E-state index in [0.717, 1.165) is 21.3 Å². The van der Waals surface area contributed by atoms with Crippen LogP contribution in [0.5, 0.6) is 0 Å². The van der Waals surface area contributed by atoms with Crippen molar-refractivity contribution in [3.63, 3.8) is 0 Å². The van der Waals surface area contributed by atoms with Crippen molar-refractivity contribution in [3.05, 3.63) is 62.0 Å². The van der Waals surface area contributed by atoms with Gasteiger partial charge in [-0.2, -0.15) is 0 Å². The van der Waals surface area contributed by atoms with Crippen molar-refractivity contribution in [2.75, 3.05) is 4.90 Å². The summed E-state index contributed by atoms with van der Waals surface area (Å²) in [4.78, 5) is 14.0. The first kappa shape index (κ1) is 14.9. The molecule has 3 rings (SSSR count). The summed E-state index contributed by atoms with van der Waals surface area (Å²) in [6, 6.07) is 10.3. The molecule has 2 aromatic rings. The van der Waals surface area contributed by atoms with Crippen LogP contribution in [0.3, 0.4) is 0 Å². The first-order chi connectivity index (χ1) is 9.97. The van der Waals surface area contributed by atoms with Crippen LogP contribution in [0.15, 0.2) is 40.9 Å². The standard InChI is InChI=1S/C15H11BrCl2N2O/c16-9-2-4-11-13(5-9)20(15(21)14(11)19)7-8-1-3-10(17)6-12(8)18/h1-6,14H,7,19H2. The molecule has 0 fully saturated rings. The van der Waals surface area contributed by atoms with E-state index in [2.05, 4.69) is 15.9 Å². The fourth-order valence-corrected chi connectivity index (χ4v) is 3.23. The second-order valence-electron chi connectivity index (χ2n) is 4.84. The summed E-state index contributed by atoms with van der Waals surface area (Å²) in [5.74, 6) is -0.130. The van der Waals surface area contributed by atoms with Gasteiger partial charge in [-0.1, -0.05) is 51.3 Å². The molecule has 21 heavy (non-hydrogen) atoms. The summed E-state index contributed by atoms with van der Waals surface area (Å²) < 4.78 is 0.898. The third-order valence-corrected chi connectivity index (χ3v) is 4.57. The maximum absolute atomic E-state index is 12.4. The molecule has 3 nitrogen and oxygen atoms in total. The SMILES string of the molecule is NC1C(=O)N(Cc2ccc(Cl)cc2Cl)c2cc(Br)ccc21. The Morgan fingerprint density at radius 1 is 1.19 bits per heavy atom. The molecule has 1 heterocycles. The molecule has 0 saturated heterocycles. The molecule has 1 amide bonds. The molecular weight excluding hydrogens is 375 g/mol. The fraction of sp³-hybridized carbons (Fsp3) is 0.133. The molecule has 1 aliphatic heterocycles. The van der Waals surface area contributed by atoms with Gasteiger partial charge < -0.3 is 10.6 Å². The van der Waals surface area contributed by atoms with Crippen molar-refractivity contribution in [2.45, 2.75) is 12.6 Å². The zero-order chi connectivity index (χ0) is 15.1. The minimum atomic E-state index is -0.626. The molecule has 2 N–H and O–H groups in total. The van der Waals surface area contributed by atoms with Crippen molar-refractivity contribution in [1.29, 1.82) is 0 Å². The van der Waals surface area contributed by atoms with E-state index in [1.54, 1.807) is 17.0 Å². The van der Waals surface area contributed by atoms with E-state index in [0.29, 0.717) is 16.6 Å². The van der Waals surface area contributed by atoms with Crippen LogP contribution < -0.4 is 10.6 Å². The molecule has 108 valence electrons. The Morgan fingerprint density at radius 2 is 1.95 bits per heavy atom. The van der Waals surface area contributed by atoms with Crippen LogP contribution in [0.1, 0.15) is 17.2 Å². The maximum Gasteiger partial charge on any atom is 0.248 e. The summed E-state index contributed by atoms with van der Waals surface area (Å²) in [6.07, 6.45) is 0. The number of anilines is 1. The molecule has 1 unspecified atom stereocenters. The van der Waals surface area contributed by atoms with Crippen LogP contribution >= 0.6 is 39.1 Å². The zero-order valence-corrected chi connectivity index (χ0v) is 13.9. The normalized spacial score (nSPS) is 17.2. The van der Waals surface area contributed by atoms with Crippen molar-refractivity contribution < 1.29 is 4.79 Å². The number of halogens is 3. The van der Waals surface area contributed by atoms with Crippen LogP contribution in [0.25, 0.3) is 0 Å². The predicted octanol–water partition coefficient (Wildman–Crippen LogP) is 4.30. The van der Waals surface area contributed by atoms with Gasteiger partial charge in [0, 0.05) is 20.1 Å². The van der Waals surface area contributed by atoms with E-state index in [9.17, 15) is 4.79 Å². The average Bonchev–Trinajstić information content (AvgIpc) is 2.66. The van der Waals surface area contributed by atoms with Crippen molar-refractivity contribution in [2.24, 2.45) is 5.73 Å². The molecule has 2 aromatic carbocycles. The Morgan fingerprint density at radius 3 is 2.67 bits per heavy atom. The molecule has 0 spiro atoms. The summed E-state index contributed by atoms with van der Waals surface area (Å²) >= 11 is 15.5. The molecule has 0 aromatic heterocycles. The molecular formula is C15H11BrCl2N2O. The lowest BCUT2D eigenvalue weighted by atomic mass is 10.1. The molecule has 0 saturated carbocycles. The van der Waals surface area contributed by atoms with Gasteiger partial charge in [0.1, 0.15) is 6.04 Å². The number of amides is 1. The Kier molecular flexibility index (Phi) is 3.97. The van der Waals surface area contributed by atoms with Crippen molar-refractivity contribution in [3.8, 4) is 0 Å². The molecule has 0 aliphatic carbocycles. The average molecular weight is 386 g/mol. The monoisotopic (exact) mass is 384 g/mol. The first-order valence-corrected chi connectivity index (χ1v) is 7.82. The molecule has 1 aliphatic rings. The van der Waals surface area contributed by atoms with Gasteiger partial charge in [0.2, 0.25) is 5.91 Å². The van der Waals surface area contributed by atoms with Crippen LogP contribution in [0.2, 0.25) is 10.0 Å². The fourth-order valence-electron chi connectivity index (χ4n) is 2.42. The first-order valence-electron chi connectivity index (χ1n) is 6.27. The highest BCUT2D eigenvalue weighted by atomic mass is 79.9. The molecule has 0 bridgehead atoms. The molecule has 1 atom stereocenters. The lowest BCUT2D eigenvalue weighted by Crippen LogP contribution is -2.31. The third-order valence-electron chi connectivity index (χ3n) is 3.49. The van der Waals surface area contributed by atoms with Gasteiger partial charge in [-0.25, -0.2) is 0 Å². The van der Waals surface area contributed by atoms with Crippen molar-refractivity contribution in [1.82, 2.24) is 0 Å². The number of carbonyl (C=O) groups excluding carboxylic acids is 1. The van der Waals surface area contributed by atoms with E-state index in [1.807, 2.05) is 24.3 Å². The highest BCUT2D eigenvalue weighted by molar-refractivity contribution is 9.10. The Labute approximate surface area is 140 Å². The van der Waals surface area contributed by atoms with Crippen LogP contribution in [0.4, 0.5) is 5.69 Å². The Balaban J connectivity index is 2.00. The van der Waals surface area contributed by atoms with E-state index in [4.69, 9.17) is 28.9 Å². The second-order valence-corrected chi connectivity index (χ2v) is 6.60. The smallest absolute Gasteiger partial charge is 0.248 e. The minimum absolute atomic E-state index is 0.130. The second kappa shape index (κ2) is 5.61. The van der Waals surface area contributed by atoms with Gasteiger partial charge in [0.25, 0.3) is 0 Å². The number of fused-ring (bicyclic) bond motifs is 1. The van der Waals surface area contributed by atoms with E-state index < -0.39 is 6.04 Å². The number of nitrogens with two attached hydrogens (primary N) is 1. The largest absolute Gasteiger partial charge is 0.316 e. The van der Waals surface area contributed by atoms with Gasteiger partial charge in [-0.15, -0.1) is 0 Å². The number of hydrogen-bond acceptors (Lipinski definition) is 2. The third kappa shape index (κ3) is 2.69. The number of rotatable bonds is 2. The highest BCUT2D eigenvalue weighted by Crippen LogP contribution is 2.38. The summed E-state index contributed by atoms with van der Waals surface area (Å²) in [7, 11) is 0. The van der Waals surface area contributed by atoms with Gasteiger partial charge >= 0.3 is 0 Å². The highest BCUT2D eigenvalue weighted by Gasteiger charge is 2.35. The van der Waals surface area contributed by atoms with Crippen molar-refractivity contribution >= 4 is 50.7 Å². The van der Waals surface area contributed by atoms with E-state index >= 15 is 0 Å².